The number of hydrogen-bond donors (Lipinski definition) is 3. The summed E-state index contributed by atoms with van der Waals surface area (Å²) in [5, 5.41) is 5.84. The van der Waals surface area contributed by atoms with Crippen LogP contribution in [0.25, 0.3) is 0 Å². The van der Waals surface area contributed by atoms with Crippen molar-refractivity contribution in [2.75, 3.05) is 10.0 Å². The van der Waals surface area contributed by atoms with E-state index in [1.165, 1.54) is 12.1 Å². The number of benzene rings is 4. The summed E-state index contributed by atoms with van der Waals surface area (Å²) < 4.78 is 28.3. The fourth-order valence-corrected chi connectivity index (χ4v) is 5.33. The van der Waals surface area contributed by atoms with Gasteiger partial charge in [-0.25, -0.2) is 8.42 Å². The van der Waals surface area contributed by atoms with E-state index in [0.717, 1.165) is 22.3 Å². The van der Waals surface area contributed by atoms with E-state index in [1.54, 1.807) is 18.2 Å². The summed E-state index contributed by atoms with van der Waals surface area (Å²) in [6.07, 6.45) is 0. The van der Waals surface area contributed by atoms with Crippen molar-refractivity contribution in [3.05, 3.63) is 125 Å². The number of sulfonamides is 1. The van der Waals surface area contributed by atoms with E-state index in [0.29, 0.717) is 11.4 Å². The molecule has 0 atom stereocenters. The molecule has 0 saturated carbocycles. The minimum atomic E-state index is -3.77. The van der Waals surface area contributed by atoms with Crippen molar-refractivity contribution in [3.8, 4) is 0 Å². The van der Waals surface area contributed by atoms with E-state index in [2.05, 4.69) is 15.4 Å². The summed E-state index contributed by atoms with van der Waals surface area (Å²) in [5.74, 6) is -0.808. The second kappa shape index (κ2) is 11.4. The normalized spacial score (nSPS) is 11.1. The molecule has 188 valence electrons. The van der Waals surface area contributed by atoms with Gasteiger partial charge in [0.1, 0.15) is 0 Å². The Labute approximate surface area is 222 Å². The molecule has 4 aromatic carbocycles. The molecule has 6 nitrogen and oxygen atoms in total. The molecule has 0 bridgehead atoms. The number of amides is 1. The van der Waals surface area contributed by atoms with Crippen molar-refractivity contribution in [2.45, 2.75) is 24.7 Å². The third-order valence-corrected chi connectivity index (χ3v) is 7.40. The molecule has 0 heterocycles. The highest BCUT2D eigenvalue weighted by Gasteiger charge is 2.23. The smallest absolute Gasteiger partial charge is 0.261 e. The molecule has 0 saturated heterocycles. The molecule has 0 spiro atoms. The van der Waals surface area contributed by atoms with E-state index < -0.39 is 15.9 Å². The van der Waals surface area contributed by atoms with Gasteiger partial charge in [0.2, 0.25) is 5.91 Å². The molecule has 8 heteroatoms. The van der Waals surface area contributed by atoms with Crippen molar-refractivity contribution < 1.29 is 13.2 Å². The molecule has 4 rings (SSSR count). The number of hydrogen-bond acceptors (Lipinski definition) is 4. The van der Waals surface area contributed by atoms with Gasteiger partial charge in [0, 0.05) is 5.69 Å². The summed E-state index contributed by atoms with van der Waals surface area (Å²) >= 11 is 5.38. The highest BCUT2D eigenvalue weighted by molar-refractivity contribution is 7.92. The lowest BCUT2D eigenvalue weighted by molar-refractivity contribution is -0.120. The minimum absolute atomic E-state index is 0.112. The van der Waals surface area contributed by atoms with Crippen molar-refractivity contribution in [1.82, 2.24) is 5.32 Å². The summed E-state index contributed by atoms with van der Waals surface area (Å²) in [6.45, 7) is 3.81. The van der Waals surface area contributed by atoms with Gasteiger partial charge in [-0.05, 0) is 73.1 Å². The summed E-state index contributed by atoms with van der Waals surface area (Å²) in [5.41, 5.74) is 4.67. The highest BCUT2D eigenvalue weighted by atomic mass is 32.2. The highest BCUT2D eigenvalue weighted by Crippen LogP contribution is 2.25. The van der Waals surface area contributed by atoms with Crippen molar-refractivity contribution in [2.24, 2.45) is 0 Å². The largest absolute Gasteiger partial charge is 0.332 e. The van der Waals surface area contributed by atoms with Gasteiger partial charge in [-0.2, -0.15) is 0 Å². The summed E-state index contributed by atoms with van der Waals surface area (Å²) in [6, 6.07) is 30.6. The van der Waals surface area contributed by atoms with Crippen LogP contribution in [0.1, 0.15) is 28.2 Å². The van der Waals surface area contributed by atoms with Gasteiger partial charge in [0.25, 0.3) is 10.0 Å². The van der Waals surface area contributed by atoms with Crippen LogP contribution in [0.4, 0.5) is 11.4 Å². The van der Waals surface area contributed by atoms with Gasteiger partial charge in [-0.15, -0.1) is 0 Å². The zero-order valence-corrected chi connectivity index (χ0v) is 22.1. The number of rotatable bonds is 7. The maximum Gasteiger partial charge on any atom is 0.261 e. The Bertz CT molecular complexity index is 1470. The fourth-order valence-electron chi connectivity index (χ4n) is 3.98. The first kappa shape index (κ1) is 26.1. The molecule has 37 heavy (non-hydrogen) atoms. The van der Waals surface area contributed by atoms with E-state index in [4.69, 9.17) is 12.2 Å². The van der Waals surface area contributed by atoms with Crippen LogP contribution < -0.4 is 15.4 Å². The SMILES string of the molecule is Cc1ccc(NS(=O)(=O)c2ccc(NC(=S)NC(=O)C(c3ccccc3)c3ccccc3)cc2)c(C)c1. The number of anilines is 2. The van der Waals surface area contributed by atoms with Crippen LogP contribution in [0.2, 0.25) is 0 Å². The Hall–Kier alpha value is -4.01. The van der Waals surface area contributed by atoms with Crippen molar-refractivity contribution in [3.63, 3.8) is 0 Å². The third-order valence-electron chi connectivity index (χ3n) is 5.81. The predicted molar refractivity (Wildman–Crippen MR) is 152 cm³/mol. The second-order valence-electron chi connectivity index (χ2n) is 8.65. The van der Waals surface area contributed by atoms with Gasteiger partial charge in [-0.1, -0.05) is 78.4 Å². The van der Waals surface area contributed by atoms with Gasteiger partial charge < -0.3 is 10.6 Å². The van der Waals surface area contributed by atoms with Crippen LogP contribution in [0.3, 0.4) is 0 Å². The van der Waals surface area contributed by atoms with Crippen molar-refractivity contribution in [1.29, 1.82) is 0 Å². The number of thiocarbonyl (C=S) groups is 1. The minimum Gasteiger partial charge on any atom is -0.332 e. The molecule has 0 unspecified atom stereocenters. The molecule has 0 aromatic heterocycles. The monoisotopic (exact) mass is 529 g/mol. The van der Waals surface area contributed by atoms with Crippen LogP contribution in [0.15, 0.2) is 108 Å². The molecule has 0 aliphatic heterocycles. The number of aryl methyl sites for hydroxylation is 2. The van der Waals surface area contributed by atoms with Gasteiger partial charge in [-0.3, -0.25) is 9.52 Å². The number of carbonyl (C=O) groups is 1. The lowest BCUT2D eigenvalue weighted by Crippen LogP contribution is -2.37. The van der Waals surface area contributed by atoms with Gasteiger partial charge >= 0.3 is 0 Å². The zero-order chi connectivity index (χ0) is 26.4. The number of carbonyl (C=O) groups excluding carboxylic acids is 1. The average Bonchev–Trinajstić information content (AvgIpc) is 2.87. The quantitative estimate of drug-likeness (QED) is 0.266. The molecule has 0 radical (unpaired) electrons. The summed E-state index contributed by atoms with van der Waals surface area (Å²) in [7, 11) is -3.77. The zero-order valence-electron chi connectivity index (χ0n) is 20.4. The molecule has 0 fully saturated rings. The molecule has 1 amide bonds. The Morgan fingerprint density at radius 1 is 0.784 bits per heavy atom. The molecule has 0 aliphatic rings. The maximum absolute atomic E-state index is 13.2. The summed E-state index contributed by atoms with van der Waals surface area (Å²) in [4.78, 5) is 13.3. The lowest BCUT2D eigenvalue weighted by atomic mass is 9.90. The Morgan fingerprint density at radius 3 is 1.89 bits per heavy atom. The first-order valence-electron chi connectivity index (χ1n) is 11.6. The van der Waals surface area contributed by atoms with Crippen molar-refractivity contribution >= 4 is 44.6 Å². The lowest BCUT2D eigenvalue weighted by Gasteiger charge is -2.19. The third kappa shape index (κ3) is 6.61. The fraction of sp³-hybridized carbons (Fsp3) is 0.103. The van der Waals surface area contributed by atoms with E-state index in [1.807, 2.05) is 86.6 Å². The topological polar surface area (TPSA) is 87.3 Å². The second-order valence-corrected chi connectivity index (χ2v) is 10.7. The van der Waals surface area contributed by atoms with Crippen LogP contribution in [0.5, 0.6) is 0 Å². The molecule has 0 aliphatic carbocycles. The first-order chi connectivity index (χ1) is 17.7. The van der Waals surface area contributed by atoms with E-state index >= 15 is 0 Å². The van der Waals surface area contributed by atoms with Gasteiger partial charge in [0.15, 0.2) is 5.11 Å². The Balaban J connectivity index is 1.44. The standard InChI is InChI=1S/C29H27N3O3S2/c1-20-13-18-26(21(2)19-20)32-37(34,35)25-16-14-24(15-17-25)30-29(36)31-28(33)27(22-9-5-3-6-10-22)23-11-7-4-8-12-23/h3-19,27,32H,1-2H3,(H2,30,31,33,36). The molecule has 4 aromatic rings. The van der Waals surface area contributed by atoms with E-state index in [-0.39, 0.29) is 15.9 Å². The van der Waals surface area contributed by atoms with Crippen LogP contribution >= 0.6 is 12.2 Å². The molecular weight excluding hydrogens is 502 g/mol. The number of nitrogens with one attached hydrogen (secondary N) is 3. The first-order valence-corrected chi connectivity index (χ1v) is 13.5. The van der Waals surface area contributed by atoms with Crippen LogP contribution in [0, 0.1) is 13.8 Å². The Morgan fingerprint density at radius 2 is 1.35 bits per heavy atom. The van der Waals surface area contributed by atoms with Crippen LogP contribution in [-0.4, -0.2) is 19.4 Å². The average molecular weight is 530 g/mol. The van der Waals surface area contributed by atoms with Crippen LogP contribution in [-0.2, 0) is 14.8 Å². The molecular formula is C29H27N3O3S2. The maximum atomic E-state index is 13.2. The van der Waals surface area contributed by atoms with E-state index in [9.17, 15) is 13.2 Å². The Kier molecular flexibility index (Phi) is 8.01. The predicted octanol–water partition coefficient (Wildman–Crippen LogP) is 5.75. The van der Waals surface area contributed by atoms with Gasteiger partial charge in [0.05, 0.1) is 16.5 Å². The molecule has 3 N–H and O–H groups in total.